The van der Waals surface area contributed by atoms with Crippen LogP contribution in [-0.4, -0.2) is 42.9 Å². The first-order valence-electron chi connectivity index (χ1n) is 9.46. The number of anilines is 2. The summed E-state index contributed by atoms with van der Waals surface area (Å²) >= 11 is 0. The number of piperazine rings is 1. The molecule has 2 aromatic rings. The molecule has 5 heteroatoms. The normalized spacial score (nSPS) is 14.4. The van der Waals surface area contributed by atoms with Crippen molar-refractivity contribution in [3.8, 4) is 0 Å². The quantitative estimate of drug-likeness (QED) is 0.901. The van der Waals surface area contributed by atoms with E-state index in [9.17, 15) is 9.59 Å². The molecule has 1 aliphatic rings. The van der Waals surface area contributed by atoms with Gasteiger partial charge in [-0.2, -0.15) is 0 Å². The zero-order valence-electron chi connectivity index (χ0n) is 16.2. The molecule has 0 radical (unpaired) electrons. The smallest absolute Gasteiger partial charge is 0.255 e. The molecule has 1 fully saturated rings. The number of carbonyl (C=O) groups is 2. The van der Waals surface area contributed by atoms with Crippen LogP contribution in [0.5, 0.6) is 0 Å². The molecule has 0 aliphatic carbocycles. The standard InChI is InChI=1S/C22H27N3O2/c1-16(2)22(27)25-13-11-24(12-14-25)20-9-7-19(8-10-20)23-21(26)18-6-4-5-17(3)15-18/h4-10,15-16H,11-14H2,1-3H3,(H,23,26). The van der Waals surface area contributed by atoms with Crippen molar-refractivity contribution in [1.29, 1.82) is 0 Å². The van der Waals surface area contributed by atoms with E-state index >= 15 is 0 Å². The van der Waals surface area contributed by atoms with Crippen LogP contribution in [0.25, 0.3) is 0 Å². The minimum atomic E-state index is -0.104. The monoisotopic (exact) mass is 365 g/mol. The summed E-state index contributed by atoms with van der Waals surface area (Å²) in [6.07, 6.45) is 0. The fourth-order valence-electron chi connectivity index (χ4n) is 3.30. The first kappa shape index (κ1) is 19.0. The Bertz CT molecular complexity index is 807. The summed E-state index contributed by atoms with van der Waals surface area (Å²) < 4.78 is 0. The molecule has 3 rings (SSSR count). The van der Waals surface area contributed by atoms with E-state index in [1.165, 1.54) is 0 Å². The number of benzene rings is 2. The largest absolute Gasteiger partial charge is 0.368 e. The van der Waals surface area contributed by atoms with Crippen molar-refractivity contribution in [2.45, 2.75) is 20.8 Å². The Labute approximate surface area is 161 Å². The van der Waals surface area contributed by atoms with Crippen LogP contribution >= 0.6 is 0 Å². The van der Waals surface area contributed by atoms with Gasteiger partial charge in [0.05, 0.1) is 0 Å². The topological polar surface area (TPSA) is 52.7 Å². The Morgan fingerprint density at radius 3 is 2.22 bits per heavy atom. The second-order valence-corrected chi connectivity index (χ2v) is 7.34. The lowest BCUT2D eigenvalue weighted by Gasteiger charge is -2.37. The molecule has 0 bridgehead atoms. The summed E-state index contributed by atoms with van der Waals surface area (Å²) in [5, 5.41) is 2.94. The predicted molar refractivity (Wildman–Crippen MR) is 109 cm³/mol. The van der Waals surface area contributed by atoms with Gasteiger partial charge >= 0.3 is 0 Å². The average Bonchev–Trinajstić information content (AvgIpc) is 2.68. The summed E-state index contributed by atoms with van der Waals surface area (Å²) in [5.41, 5.74) is 3.61. The number of hydrogen-bond donors (Lipinski definition) is 1. The average molecular weight is 365 g/mol. The van der Waals surface area contributed by atoms with Gasteiger partial charge in [0.1, 0.15) is 0 Å². The summed E-state index contributed by atoms with van der Waals surface area (Å²) in [7, 11) is 0. The van der Waals surface area contributed by atoms with Crippen molar-refractivity contribution < 1.29 is 9.59 Å². The third-order valence-corrected chi connectivity index (χ3v) is 4.86. The molecule has 0 spiro atoms. The van der Waals surface area contributed by atoms with Crippen molar-refractivity contribution in [2.75, 3.05) is 36.4 Å². The molecule has 2 amide bonds. The van der Waals surface area contributed by atoms with Gasteiger partial charge in [-0.3, -0.25) is 9.59 Å². The maximum Gasteiger partial charge on any atom is 0.255 e. The van der Waals surface area contributed by atoms with E-state index in [4.69, 9.17) is 0 Å². The number of amides is 2. The first-order chi connectivity index (χ1) is 12.9. The third kappa shape index (κ3) is 4.67. The lowest BCUT2D eigenvalue weighted by Crippen LogP contribution is -2.49. The van der Waals surface area contributed by atoms with Gasteiger partial charge in [0, 0.05) is 49.0 Å². The fourth-order valence-corrected chi connectivity index (χ4v) is 3.30. The Balaban J connectivity index is 1.58. The van der Waals surface area contributed by atoms with Crippen molar-refractivity contribution in [1.82, 2.24) is 4.90 Å². The zero-order chi connectivity index (χ0) is 19.4. The molecule has 142 valence electrons. The number of nitrogens with one attached hydrogen (secondary N) is 1. The Morgan fingerprint density at radius 1 is 0.963 bits per heavy atom. The molecular formula is C22H27N3O2. The van der Waals surface area contributed by atoms with Crippen LogP contribution in [0.1, 0.15) is 29.8 Å². The SMILES string of the molecule is Cc1cccc(C(=O)Nc2ccc(N3CCN(C(=O)C(C)C)CC3)cc2)c1. The van der Waals surface area contributed by atoms with Gasteiger partial charge in [0.2, 0.25) is 5.91 Å². The highest BCUT2D eigenvalue weighted by Crippen LogP contribution is 2.20. The van der Waals surface area contributed by atoms with Gasteiger partial charge in [0.25, 0.3) is 5.91 Å². The Kier molecular flexibility index (Phi) is 5.79. The minimum Gasteiger partial charge on any atom is -0.368 e. The summed E-state index contributed by atoms with van der Waals surface area (Å²) in [4.78, 5) is 28.7. The van der Waals surface area contributed by atoms with E-state index in [1.54, 1.807) is 0 Å². The van der Waals surface area contributed by atoms with Crippen molar-refractivity contribution in [2.24, 2.45) is 5.92 Å². The van der Waals surface area contributed by atoms with Crippen molar-refractivity contribution in [3.05, 3.63) is 59.7 Å². The van der Waals surface area contributed by atoms with Gasteiger partial charge in [-0.05, 0) is 43.3 Å². The number of hydrogen-bond acceptors (Lipinski definition) is 3. The van der Waals surface area contributed by atoms with Crippen LogP contribution < -0.4 is 10.2 Å². The lowest BCUT2D eigenvalue weighted by atomic mass is 10.1. The molecule has 2 aromatic carbocycles. The highest BCUT2D eigenvalue weighted by atomic mass is 16.2. The van der Waals surface area contributed by atoms with Crippen molar-refractivity contribution >= 4 is 23.2 Å². The zero-order valence-corrected chi connectivity index (χ0v) is 16.2. The molecule has 1 saturated heterocycles. The number of nitrogens with zero attached hydrogens (tertiary/aromatic N) is 2. The second-order valence-electron chi connectivity index (χ2n) is 7.34. The number of aryl methyl sites for hydroxylation is 1. The van der Waals surface area contributed by atoms with Crippen molar-refractivity contribution in [3.63, 3.8) is 0 Å². The van der Waals surface area contributed by atoms with Crippen LogP contribution in [-0.2, 0) is 4.79 Å². The first-order valence-corrected chi connectivity index (χ1v) is 9.46. The predicted octanol–water partition coefficient (Wildman–Crippen LogP) is 3.55. The minimum absolute atomic E-state index is 0.0489. The van der Waals surface area contributed by atoms with E-state index in [-0.39, 0.29) is 17.7 Å². The molecular weight excluding hydrogens is 338 g/mol. The molecule has 0 atom stereocenters. The second kappa shape index (κ2) is 8.25. The molecule has 0 aromatic heterocycles. The molecule has 1 aliphatic heterocycles. The van der Waals surface area contributed by atoms with Crippen LogP contribution in [0.4, 0.5) is 11.4 Å². The van der Waals surface area contributed by atoms with Gasteiger partial charge in [-0.15, -0.1) is 0 Å². The molecule has 1 N–H and O–H groups in total. The highest BCUT2D eigenvalue weighted by molar-refractivity contribution is 6.04. The number of carbonyl (C=O) groups excluding carboxylic acids is 2. The van der Waals surface area contributed by atoms with Gasteiger partial charge < -0.3 is 15.1 Å². The summed E-state index contributed by atoms with van der Waals surface area (Å²) in [6, 6.07) is 15.4. The van der Waals surface area contributed by atoms with E-state index in [0.717, 1.165) is 43.1 Å². The van der Waals surface area contributed by atoms with E-state index < -0.39 is 0 Å². The van der Waals surface area contributed by atoms with Gasteiger partial charge in [-0.1, -0.05) is 31.5 Å². The number of rotatable bonds is 4. The summed E-state index contributed by atoms with van der Waals surface area (Å²) in [6.45, 7) is 9.02. The van der Waals surface area contributed by atoms with Crippen LogP contribution in [0.15, 0.2) is 48.5 Å². The molecule has 1 heterocycles. The Hall–Kier alpha value is -2.82. The maximum atomic E-state index is 12.3. The molecule has 5 nitrogen and oxygen atoms in total. The van der Waals surface area contributed by atoms with E-state index in [1.807, 2.05) is 74.2 Å². The van der Waals surface area contributed by atoms with Gasteiger partial charge in [-0.25, -0.2) is 0 Å². The van der Waals surface area contributed by atoms with Crippen LogP contribution in [0.3, 0.4) is 0 Å². The molecule has 0 saturated carbocycles. The highest BCUT2D eigenvalue weighted by Gasteiger charge is 2.22. The summed E-state index contributed by atoms with van der Waals surface area (Å²) in [5.74, 6) is 0.170. The van der Waals surface area contributed by atoms with E-state index in [2.05, 4.69) is 10.2 Å². The Morgan fingerprint density at radius 2 is 1.63 bits per heavy atom. The van der Waals surface area contributed by atoms with E-state index in [0.29, 0.717) is 5.56 Å². The van der Waals surface area contributed by atoms with Crippen LogP contribution in [0.2, 0.25) is 0 Å². The maximum absolute atomic E-state index is 12.3. The van der Waals surface area contributed by atoms with Gasteiger partial charge in [0.15, 0.2) is 0 Å². The lowest BCUT2D eigenvalue weighted by molar-refractivity contribution is -0.134. The molecule has 27 heavy (non-hydrogen) atoms. The fraction of sp³-hybridized carbons (Fsp3) is 0.364. The third-order valence-electron chi connectivity index (χ3n) is 4.86. The molecule has 0 unspecified atom stereocenters. The van der Waals surface area contributed by atoms with Crippen LogP contribution in [0, 0.1) is 12.8 Å².